The van der Waals surface area contributed by atoms with E-state index in [-0.39, 0.29) is 48.3 Å². The molecule has 3 atom stereocenters. The van der Waals surface area contributed by atoms with Crippen LogP contribution in [-0.4, -0.2) is 76.9 Å². The summed E-state index contributed by atoms with van der Waals surface area (Å²) in [7, 11) is 1.57. The quantitative estimate of drug-likeness (QED) is 0.275. The highest BCUT2D eigenvalue weighted by Gasteiger charge is 2.35. The highest BCUT2D eigenvalue weighted by Crippen LogP contribution is 2.35. The Balaban J connectivity index is 1.61. The minimum absolute atomic E-state index is 0.0382. The second-order valence-corrected chi connectivity index (χ2v) is 11.0. The first-order valence-corrected chi connectivity index (χ1v) is 14.1. The maximum absolute atomic E-state index is 13.7. The van der Waals surface area contributed by atoms with Gasteiger partial charge in [0.25, 0.3) is 5.91 Å². The van der Waals surface area contributed by atoms with E-state index >= 15 is 0 Å². The first-order valence-electron chi connectivity index (χ1n) is 14.1. The number of aliphatic hydroxyl groups is 1. The molecule has 4 N–H and O–H groups in total. The van der Waals surface area contributed by atoms with Crippen molar-refractivity contribution in [2.75, 3.05) is 42.7 Å². The van der Waals surface area contributed by atoms with Gasteiger partial charge in [0.2, 0.25) is 0 Å². The lowest BCUT2D eigenvalue weighted by molar-refractivity contribution is -0.137. The van der Waals surface area contributed by atoms with Crippen LogP contribution in [-0.2, 0) is 6.18 Å². The van der Waals surface area contributed by atoms with Crippen molar-refractivity contribution < 1.29 is 41.9 Å². The van der Waals surface area contributed by atoms with Crippen molar-refractivity contribution in [1.82, 2.24) is 15.0 Å². The molecule has 45 heavy (non-hydrogen) atoms. The van der Waals surface area contributed by atoms with E-state index in [1.165, 1.54) is 21.9 Å². The number of rotatable bonds is 7. The molecule has 4 rings (SSSR count). The summed E-state index contributed by atoms with van der Waals surface area (Å²) in [4.78, 5) is 42.6. The zero-order chi connectivity index (χ0) is 33.1. The number of halogens is 3. The number of carbonyl (C=O) groups excluding carboxylic acids is 3. The number of urea groups is 2. The summed E-state index contributed by atoms with van der Waals surface area (Å²) in [5.74, 6) is -0.305. The summed E-state index contributed by atoms with van der Waals surface area (Å²) in [6, 6.07) is 6.70. The molecule has 12 nitrogen and oxygen atoms in total. The van der Waals surface area contributed by atoms with Crippen LogP contribution in [0.25, 0.3) is 0 Å². The number of nitrogens with one attached hydrogen (secondary N) is 3. The van der Waals surface area contributed by atoms with Crippen molar-refractivity contribution in [2.24, 2.45) is 5.92 Å². The summed E-state index contributed by atoms with van der Waals surface area (Å²) in [6.07, 6.45) is -5.21. The minimum Gasteiger partial charge on any atom is -0.485 e. The summed E-state index contributed by atoms with van der Waals surface area (Å²) in [5, 5.41) is 21.6. The molecule has 0 saturated carbocycles. The van der Waals surface area contributed by atoms with Gasteiger partial charge >= 0.3 is 18.2 Å². The average molecular weight is 633 g/mol. The van der Waals surface area contributed by atoms with E-state index in [0.717, 1.165) is 24.3 Å². The fourth-order valence-corrected chi connectivity index (χ4v) is 4.80. The number of amides is 5. The Morgan fingerprint density at radius 3 is 2.42 bits per heavy atom. The Morgan fingerprint density at radius 2 is 1.82 bits per heavy atom. The van der Waals surface area contributed by atoms with E-state index in [9.17, 15) is 32.7 Å². The maximum Gasteiger partial charge on any atom is 0.416 e. The van der Waals surface area contributed by atoms with Crippen LogP contribution in [0.3, 0.4) is 0 Å². The monoisotopic (exact) mass is 632 g/mol. The minimum atomic E-state index is -4.52. The Hall–Kier alpha value is -4.79. The molecule has 0 spiro atoms. The number of fused-ring (bicyclic) bond motifs is 1. The molecule has 15 heteroatoms. The largest absolute Gasteiger partial charge is 0.485 e. The number of benzene rings is 2. The maximum atomic E-state index is 13.7. The van der Waals surface area contributed by atoms with Crippen LogP contribution in [0.4, 0.5) is 39.8 Å². The fourth-order valence-electron chi connectivity index (χ4n) is 4.80. The van der Waals surface area contributed by atoms with Crippen molar-refractivity contribution in [2.45, 2.75) is 46.0 Å². The average Bonchev–Trinajstić information content (AvgIpc) is 3.30. The van der Waals surface area contributed by atoms with Crippen molar-refractivity contribution in [3.05, 3.63) is 65.0 Å². The van der Waals surface area contributed by atoms with E-state index in [1.54, 1.807) is 33.9 Å². The summed E-state index contributed by atoms with van der Waals surface area (Å²) >= 11 is 0. The molecule has 5 amide bonds. The number of alkyl halides is 3. The molecular weight excluding hydrogens is 597 g/mol. The van der Waals surface area contributed by atoms with Gasteiger partial charge in [-0.3, -0.25) is 4.79 Å². The van der Waals surface area contributed by atoms with Gasteiger partial charge in [-0.1, -0.05) is 18.1 Å². The summed E-state index contributed by atoms with van der Waals surface area (Å²) in [5.41, 5.74) is 0.430. The number of anilines is 3. The molecule has 0 aliphatic carbocycles. The molecule has 2 aromatic carbocycles. The Labute approximate surface area is 257 Å². The number of aliphatic hydroxyl groups excluding tert-OH is 1. The van der Waals surface area contributed by atoms with E-state index < -0.39 is 41.9 Å². The number of aromatic nitrogens is 1. The molecule has 0 unspecified atom stereocenters. The van der Waals surface area contributed by atoms with Gasteiger partial charge in [0.15, 0.2) is 11.5 Å². The molecule has 242 valence electrons. The molecule has 1 aliphatic heterocycles. The molecule has 0 bridgehead atoms. The van der Waals surface area contributed by atoms with Crippen LogP contribution in [0.15, 0.2) is 47.0 Å². The number of para-hydroxylation sites is 1. The molecule has 1 aliphatic rings. The molecule has 1 aromatic heterocycles. The zero-order valence-electron chi connectivity index (χ0n) is 25.4. The molecule has 0 radical (unpaired) electrons. The van der Waals surface area contributed by atoms with E-state index in [1.807, 2.05) is 6.92 Å². The van der Waals surface area contributed by atoms with Crippen LogP contribution in [0.2, 0.25) is 0 Å². The van der Waals surface area contributed by atoms with Gasteiger partial charge in [-0.2, -0.15) is 13.2 Å². The lowest BCUT2D eigenvalue weighted by atomic mass is 9.99. The highest BCUT2D eigenvalue weighted by molar-refractivity contribution is 6.04. The van der Waals surface area contributed by atoms with Crippen molar-refractivity contribution >= 4 is 35.0 Å². The van der Waals surface area contributed by atoms with Crippen LogP contribution in [0, 0.1) is 19.8 Å². The van der Waals surface area contributed by atoms with Crippen molar-refractivity contribution in [1.29, 1.82) is 0 Å². The summed E-state index contributed by atoms with van der Waals surface area (Å²) < 4.78 is 50.3. The number of hydrogen-bond acceptors (Lipinski definition) is 7. The van der Waals surface area contributed by atoms with Gasteiger partial charge in [0.1, 0.15) is 17.5 Å². The lowest BCUT2D eigenvalue weighted by Gasteiger charge is -2.38. The predicted molar refractivity (Wildman–Crippen MR) is 159 cm³/mol. The van der Waals surface area contributed by atoms with Gasteiger partial charge in [-0.15, -0.1) is 0 Å². The molecule has 0 saturated heterocycles. The van der Waals surface area contributed by atoms with Crippen LogP contribution < -0.4 is 20.7 Å². The Morgan fingerprint density at radius 1 is 1.13 bits per heavy atom. The van der Waals surface area contributed by atoms with Gasteiger partial charge in [-0.05, 0) is 57.2 Å². The number of hydrogen-bond donors (Lipinski definition) is 4. The molecule has 2 heterocycles. The van der Waals surface area contributed by atoms with Crippen molar-refractivity contribution in [3.8, 4) is 5.75 Å². The first kappa shape index (κ1) is 33.1. The predicted octanol–water partition coefficient (Wildman–Crippen LogP) is 5.34. The van der Waals surface area contributed by atoms with Gasteiger partial charge in [-0.25, -0.2) is 9.59 Å². The fraction of sp³-hybridized carbons (Fsp3) is 0.400. The number of likely N-dealkylation sites (N-methyl/N-ethyl adjacent to an activating group) is 1. The second kappa shape index (κ2) is 13.5. The standard InChI is InChI=1S/C30H35F3N6O6/c1-16-13-39(17(2)15-40)27(41)22-7-6-8-23(35-28(42)34-21-11-9-20(10-12-21)30(31,32)33)26(22)44-24(16)14-38(5)29(43)36-25-18(3)37-45-19(25)4/h6-12,16-17,24,40H,13-15H2,1-5H3,(H,36,43)(H2,34,35,42)/t16-,17-,24-/m1/s1. The van der Waals surface area contributed by atoms with Gasteiger partial charge in [0, 0.05) is 25.2 Å². The van der Waals surface area contributed by atoms with Crippen LogP contribution in [0.5, 0.6) is 5.75 Å². The third-order valence-electron chi connectivity index (χ3n) is 7.48. The van der Waals surface area contributed by atoms with E-state index in [2.05, 4.69) is 21.1 Å². The van der Waals surface area contributed by atoms with Crippen molar-refractivity contribution in [3.63, 3.8) is 0 Å². The number of ether oxygens (including phenoxy) is 1. The molecular formula is C30H35F3N6O6. The summed E-state index contributed by atoms with van der Waals surface area (Å²) in [6.45, 7) is 6.87. The number of aryl methyl sites for hydroxylation is 2. The van der Waals surface area contributed by atoms with Crippen LogP contribution in [0.1, 0.15) is 41.2 Å². The zero-order valence-corrected chi connectivity index (χ0v) is 25.4. The smallest absolute Gasteiger partial charge is 0.416 e. The topological polar surface area (TPSA) is 149 Å². The van der Waals surface area contributed by atoms with E-state index in [0.29, 0.717) is 17.1 Å². The highest BCUT2D eigenvalue weighted by atomic mass is 19.4. The van der Waals surface area contributed by atoms with Gasteiger partial charge in [0.05, 0.1) is 36.0 Å². The second-order valence-electron chi connectivity index (χ2n) is 11.0. The SMILES string of the molecule is Cc1noc(C)c1NC(=O)N(C)C[C@H]1Oc2c(NC(=O)Nc3ccc(C(F)(F)F)cc3)cccc2C(=O)N([C@H](C)CO)C[C@H]1C. The normalized spacial score (nSPS) is 17.4. The first-order chi connectivity index (χ1) is 21.2. The van der Waals surface area contributed by atoms with E-state index in [4.69, 9.17) is 9.26 Å². The Bertz CT molecular complexity index is 1520. The molecule has 0 fully saturated rings. The van der Waals surface area contributed by atoms with Gasteiger partial charge < -0.3 is 40.1 Å². The lowest BCUT2D eigenvalue weighted by Crippen LogP contribution is -2.50. The van der Waals surface area contributed by atoms with Crippen LogP contribution >= 0.6 is 0 Å². The number of nitrogens with zero attached hydrogens (tertiary/aromatic N) is 3. The third-order valence-corrected chi connectivity index (χ3v) is 7.48. The number of carbonyl (C=O) groups is 3. The Kier molecular flexibility index (Phi) is 9.91. The molecule has 3 aromatic rings. The third kappa shape index (κ3) is 7.66.